The molecular formula is C27H36Cl2N4O2. The highest BCUT2D eigenvalue weighted by atomic mass is 35.5. The smallest absolute Gasteiger partial charge is 0.228 e. The molecule has 190 valence electrons. The number of hydrogen-bond donors (Lipinski definition) is 1. The zero-order valence-electron chi connectivity index (χ0n) is 20.5. The van der Waals surface area contributed by atoms with E-state index >= 15 is 0 Å². The second-order valence-corrected chi connectivity index (χ2v) is 10.6. The van der Waals surface area contributed by atoms with Gasteiger partial charge in [-0.05, 0) is 75.4 Å². The molecule has 0 atom stereocenters. The summed E-state index contributed by atoms with van der Waals surface area (Å²) in [5.41, 5.74) is 2.00. The van der Waals surface area contributed by atoms with Crippen molar-refractivity contribution in [2.45, 2.75) is 57.6 Å². The Morgan fingerprint density at radius 3 is 2.60 bits per heavy atom. The number of hydrogen-bond acceptors (Lipinski definition) is 5. The molecule has 0 saturated carbocycles. The first-order valence-electron chi connectivity index (χ1n) is 12.7. The summed E-state index contributed by atoms with van der Waals surface area (Å²) in [6.07, 6.45) is 4.56. The number of aromatic nitrogens is 1. The molecule has 1 N–H and O–H groups in total. The van der Waals surface area contributed by atoms with Gasteiger partial charge in [0.05, 0.1) is 16.1 Å². The number of amides is 1. The molecule has 2 aliphatic rings. The van der Waals surface area contributed by atoms with Crippen molar-refractivity contribution in [1.29, 1.82) is 0 Å². The number of pyridine rings is 1. The number of likely N-dealkylation sites (tertiary alicyclic amines) is 2. The summed E-state index contributed by atoms with van der Waals surface area (Å²) in [5.74, 6) is 0.842. The lowest BCUT2D eigenvalue weighted by atomic mass is 10.0. The second kappa shape index (κ2) is 12.5. The number of benzene rings is 1. The molecule has 2 aliphatic heterocycles. The number of aliphatic hydroxyl groups excluding tert-OH is 1. The van der Waals surface area contributed by atoms with Crippen LogP contribution in [0.25, 0.3) is 0 Å². The SMILES string of the molecule is Cc1cccc(N(CCCN2CC(N3CCC(O)CC3)C2)C(=O)CCCc2ccc(Cl)c(Cl)c2)n1. The summed E-state index contributed by atoms with van der Waals surface area (Å²) in [4.78, 5) is 24.7. The van der Waals surface area contributed by atoms with Gasteiger partial charge in [0.15, 0.2) is 0 Å². The number of anilines is 1. The predicted octanol–water partition coefficient (Wildman–Crippen LogP) is 4.58. The molecule has 1 aromatic heterocycles. The van der Waals surface area contributed by atoms with Gasteiger partial charge in [0.1, 0.15) is 5.82 Å². The lowest BCUT2D eigenvalue weighted by molar-refractivity contribution is -0.118. The van der Waals surface area contributed by atoms with Crippen LogP contribution in [0, 0.1) is 6.92 Å². The number of halogens is 2. The first-order valence-corrected chi connectivity index (χ1v) is 13.5. The molecule has 3 heterocycles. The van der Waals surface area contributed by atoms with Crippen LogP contribution in [0.2, 0.25) is 10.0 Å². The molecule has 1 amide bonds. The highest BCUT2D eigenvalue weighted by Gasteiger charge is 2.33. The van der Waals surface area contributed by atoms with Crippen LogP contribution < -0.4 is 4.90 Å². The second-order valence-electron chi connectivity index (χ2n) is 9.82. The van der Waals surface area contributed by atoms with E-state index in [2.05, 4.69) is 14.8 Å². The van der Waals surface area contributed by atoms with Crippen LogP contribution in [0.4, 0.5) is 5.82 Å². The number of carbonyl (C=O) groups is 1. The van der Waals surface area contributed by atoms with Gasteiger partial charge in [-0.2, -0.15) is 0 Å². The third-order valence-electron chi connectivity index (χ3n) is 7.10. The fraction of sp³-hybridized carbons (Fsp3) is 0.556. The van der Waals surface area contributed by atoms with E-state index in [1.165, 1.54) is 0 Å². The number of rotatable bonds is 10. The molecule has 35 heavy (non-hydrogen) atoms. The summed E-state index contributed by atoms with van der Waals surface area (Å²) in [6, 6.07) is 12.1. The van der Waals surface area contributed by atoms with E-state index in [4.69, 9.17) is 23.2 Å². The molecule has 2 aromatic rings. The normalized spacial score (nSPS) is 17.9. The van der Waals surface area contributed by atoms with Crippen molar-refractivity contribution in [3.05, 3.63) is 57.7 Å². The van der Waals surface area contributed by atoms with Crippen LogP contribution in [-0.2, 0) is 11.2 Å². The van der Waals surface area contributed by atoms with E-state index in [1.807, 2.05) is 42.2 Å². The summed E-state index contributed by atoms with van der Waals surface area (Å²) in [5, 5.41) is 10.8. The van der Waals surface area contributed by atoms with Crippen LogP contribution in [0.15, 0.2) is 36.4 Å². The van der Waals surface area contributed by atoms with Crippen LogP contribution in [-0.4, -0.2) is 77.2 Å². The van der Waals surface area contributed by atoms with Crippen molar-refractivity contribution in [2.24, 2.45) is 0 Å². The summed E-state index contributed by atoms with van der Waals surface area (Å²) in [7, 11) is 0. The first kappa shape index (κ1) is 26.4. The van der Waals surface area contributed by atoms with Gasteiger partial charge in [-0.25, -0.2) is 4.98 Å². The van der Waals surface area contributed by atoms with Crippen molar-refractivity contribution in [1.82, 2.24) is 14.8 Å². The van der Waals surface area contributed by atoms with Crippen molar-refractivity contribution < 1.29 is 9.90 Å². The predicted molar refractivity (Wildman–Crippen MR) is 142 cm³/mol. The van der Waals surface area contributed by atoms with Crippen LogP contribution in [0.1, 0.15) is 43.4 Å². The Hall–Kier alpha value is -1.70. The number of aryl methyl sites for hydroxylation is 2. The summed E-state index contributed by atoms with van der Waals surface area (Å²) in [6.45, 7) is 7.76. The summed E-state index contributed by atoms with van der Waals surface area (Å²) < 4.78 is 0. The molecule has 4 rings (SSSR count). The number of carbonyl (C=O) groups excluding carboxylic acids is 1. The molecule has 1 aromatic carbocycles. The highest BCUT2D eigenvalue weighted by Crippen LogP contribution is 2.24. The largest absolute Gasteiger partial charge is 0.393 e. The fourth-order valence-electron chi connectivity index (χ4n) is 4.98. The van der Waals surface area contributed by atoms with Crippen LogP contribution in [0.3, 0.4) is 0 Å². The van der Waals surface area contributed by atoms with Gasteiger partial charge in [0, 0.05) is 50.9 Å². The molecule has 6 nitrogen and oxygen atoms in total. The van der Waals surface area contributed by atoms with E-state index in [9.17, 15) is 9.90 Å². The van der Waals surface area contributed by atoms with Crippen LogP contribution in [0.5, 0.6) is 0 Å². The van der Waals surface area contributed by atoms with Gasteiger partial charge in [-0.1, -0.05) is 35.3 Å². The minimum absolute atomic E-state index is 0.108. The van der Waals surface area contributed by atoms with Gasteiger partial charge >= 0.3 is 0 Å². The topological polar surface area (TPSA) is 59.9 Å². The van der Waals surface area contributed by atoms with Crippen molar-refractivity contribution in [3.63, 3.8) is 0 Å². The fourth-order valence-corrected chi connectivity index (χ4v) is 5.30. The highest BCUT2D eigenvalue weighted by molar-refractivity contribution is 6.42. The van der Waals surface area contributed by atoms with Crippen LogP contribution >= 0.6 is 23.2 Å². The van der Waals surface area contributed by atoms with E-state index in [-0.39, 0.29) is 12.0 Å². The lowest BCUT2D eigenvalue weighted by Gasteiger charge is -2.47. The number of nitrogens with zero attached hydrogens (tertiary/aromatic N) is 4. The molecule has 2 saturated heterocycles. The van der Waals surface area contributed by atoms with Gasteiger partial charge < -0.3 is 10.0 Å². The maximum atomic E-state index is 13.2. The molecule has 0 bridgehead atoms. The van der Waals surface area contributed by atoms with Crippen molar-refractivity contribution in [2.75, 3.05) is 44.2 Å². The zero-order valence-corrected chi connectivity index (χ0v) is 22.0. The zero-order chi connectivity index (χ0) is 24.8. The maximum Gasteiger partial charge on any atom is 0.228 e. The van der Waals surface area contributed by atoms with Gasteiger partial charge in [0.25, 0.3) is 0 Å². The minimum atomic E-state index is -0.120. The van der Waals surface area contributed by atoms with E-state index in [0.29, 0.717) is 29.1 Å². The Bertz CT molecular complexity index is 991. The van der Waals surface area contributed by atoms with Crippen molar-refractivity contribution in [3.8, 4) is 0 Å². The molecule has 0 spiro atoms. The maximum absolute atomic E-state index is 13.2. The Labute approximate surface area is 218 Å². The molecule has 0 aliphatic carbocycles. The Kier molecular flexibility index (Phi) is 9.42. The summed E-state index contributed by atoms with van der Waals surface area (Å²) >= 11 is 12.1. The molecule has 0 unspecified atom stereocenters. The number of piperidine rings is 1. The third-order valence-corrected chi connectivity index (χ3v) is 7.84. The van der Waals surface area contributed by atoms with Gasteiger partial charge in [-0.3, -0.25) is 14.6 Å². The van der Waals surface area contributed by atoms with Gasteiger partial charge in [-0.15, -0.1) is 0 Å². The Morgan fingerprint density at radius 1 is 1.11 bits per heavy atom. The average Bonchev–Trinajstić information content (AvgIpc) is 2.81. The van der Waals surface area contributed by atoms with Crippen molar-refractivity contribution >= 4 is 34.9 Å². The quantitative estimate of drug-likeness (QED) is 0.498. The Morgan fingerprint density at radius 2 is 1.89 bits per heavy atom. The Balaban J connectivity index is 1.25. The minimum Gasteiger partial charge on any atom is -0.393 e. The van der Waals surface area contributed by atoms with Gasteiger partial charge in [0.2, 0.25) is 5.91 Å². The average molecular weight is 520 g/mol. The standard InChI is InChI=1S/C27H36Cl2N4O2/c1-20-5-2-7-26(30-20)33(27(35)8-3-6-21-9-10-24(28)25(29)17-21)14-4-13-31-18-22(19-31)32-15-11-23(34)12-16-32/h2,5,7,9-10,17,22-23,34H,3-4,6,8,11-16,18-19H2,1H3. The first-order chi connectivity index (χ1) is 16.9. The molecular weight excluding hydrogens is 483 g/mol. The molecule has 2 fully saturated rings. The van der Waals surface area contributed by atoms with E-state index in [0.717, 1.165) is 81.9 Å². The molecule has 0 radical (unpaired) electrons. The third kappa shape index (κ3) is 7.40. The van der Waals surface area contributed by atoms with E-state index in [1.54, 1.807) is 6.07 Å². The lowest BCUT2D eigenvalue weighted by Crippen LogP contribution is -2.61. The van der Waals surface area contributed by atoms with E-state index < -0.39 is 0 Å². The monoisotopic (exact) mass is 518 g/mol. The molecule has 8 heteroatoms. The number of aliphatic hydroxyl groups is 1.